The van der Waals surface area contributed by atoms with E-state index in [1.807, 2.05) is 12.3 Å². The highest BCUT2D eigenvalue weighted by Gasteiger charge is 2.43. The van der Waals surface area contributed by atoms with Gasteiger partial charge in [0.05, 0.1) is 17.3 Å². The van der Waals surface area contributed by atoms with E-state index in [9.17, 15) is 4.39 Å². The third kappa shape index (κ3) is 4.37. The van der Waals surface area contributed by atoms with E-state index in [-0.39, 0.29) is 10.8 Å². The molecule has 1 aliphatic heterocycles. The van der Waals surface area contributed by atoms with Crippen molar-refractivity contribution in [3.05, 3.63) is 58.2 Å². The molecule has 1 aromatic carbocycles. The number of pyridine rings is 1. The molecule has 2 aromatic heterocycles. The van der Waals surface area contributed by atoms with Crippen LogP contribution in [0.5, 0.6) is 5.75 Å². The first-order valence-electron chi connectivity index (χ1n) is 11.5. The molecule has 1 atom stereocenters. The monoisotopic (exact) mass is 503 g/mol. The van der Waals surface area contributed by atoms with Gasteiger partial charge >= 0.3 is 0 Å². The van der Waals surface area contributed by atoms with E-state index in [2.05, 4.69) is 32.9 Å². The molecule has 1 aliphatic carbocycles. The fourth-order valence-electron chi connectivity index (χ4n) is 5.45. The molecule has 2 aliphatic rings. The number of hydrogen-bond acceptors (Lipinski definition) is 5. The maximum Gasteiger partial charge on any atom is 0.166 e. The van der Waals surface area contributed by atoms with E-state index >= 15 is 0 Å². The van der Waals surface area contributed by atoms with Crippen molar-refractivity contribution in [1.82, 2.24) is 19.7 Å². The van der Waals surface area contributed by atoms with E-state index in [4.69, 9.17) is 33.7 Å². The van der Waals surface area contributed by atoms with Crippen molar-refractivity contribution >= 4 is 29.0 Å². The van der Waals surface area contributed by atoms with Crippen LogP contribution in [0.1, 0.15) is 50.3 Å². The summed E-state index contributed by atoms with van der Waals surface area (Å²) in [7, 11) is 2.19. The van der Waals surface area contributed by atoms with Crippen LogP contribution in [0.15, 0.2) is 36.8 Å². The van der Waals surface area contributed by atoms with Crippen LogP contribution in [0, 0.1) is 11.2 Å². The molecule has 0 unspecified atom stereocenters. The van der Waals surface area contributed by atoms with Gasteiger partial charge in [0.25, 0.3) is 0 Å². The second-order valence-corrected chi connectivity index (χ2v) is 10.5. The highest BCUT2D eigenvalue weighted by atomic mass is 35.5. The predicted octanol–water partition coefficient (Wildman–Crippen LogP) is 6.16. The number of aromatic nitrogens is 3. The standard InChI is InChI=1S/C25H28Cl2FN5O/c1-15(22-19(26)3-4-20(28)23(22)27)34-21-9-16(10-30-24(21)29)17-11-31-33(12-17)18-5-7-25(8-6-18)13-32(2)14-25/h3-4,9-12,15,18H,5-8,13-14H2,1-2H3,(H2,29,30)/t15-/m0/s1. The normalized spacial score (nSPS) is 19.2. The Morgan fingerprint density at radius 3 is 2.62 bits per heavy atom. The van der Waals surface area contributed by atoms with Crippen LogP contribution in [0.2, 0.25) is 10.0 Å². The summed E-state index contributed by atoms with van der Waals surface area (Å²) in [6.45, 7) is 4.18. The number of nitrogens with two attached hydrogens (primary N) is 1. The van der Waals surface area contributed by atoms with Crippen LogP contribution >= 0.6 is 23.2 Å². The molecule has 1 spiro atoms. The largest absolute Gasteiger partial charge is 0.482 e. The number of hydrogen-bond donors (Lipinski definition) is 1. The number of nitrogen functional groups attached to an aromatic ring is 1. The van der Waals surface area contributed by atoms with E-state index < -0.39 is 11.9 Å². The Bertz CT molecular complexity index is 1200. The number of halogens is 3. The summed E-state index contributed by atoms with van der Waals surface area (Å²) in [6, 6.07) is 4.92. The molecule has 5 rings (SSSR count). The average Bonchev–Trinajstić information content (AvgIpc) is 3.28. The molecule has 1 saturated carbocycles. The van der Waals surface area contributed by atoms with Gasteiger partial charge in [0.1, 0.15) is 11.9 Å². The van der Waals surface area contributed by atoms with E-state index in [1.165, 1.54) is 38.1 Å². The Balaban J connectivity index is 1.32. The van der Waals surface area contributed by atoms with Crippen LogP contribution < -0.4 is 10.5 Å². The molecule has 3 heterocycles. The van der Waals surface area contributed by atoms with Crippen molar-refractivity contribution in [1.29, 1.82) is 0 Å². The number of rotatable bonds is 5. The summed E-state index contributed by atoms with van der Waals surface area (Å²) in [6.07, 6.45) is 9.79. The zero-order chi connectivity index (χ0) is 24.0. The minimum atomic E-state index is -0.627. The van der Waals surface area contributed by atoms with Crippen LogP contribution in [0.25, 0.3) is 11.1 Å². The number of nitrogens with zero attached hydrogens (tertiary/aromatic N) is 4. The van der Waals surface area contributed by atoms with Crippen molar-refractivity contribution in [3.63, 3.8) is 0 Å². The Morgan fingerprint density at radius 2 is 1.91 bits per heavy atom. The zero-order valence-corrected chi connectivity index (χ0v) is 20.8. The lowest BCUT2D eigenvalue weighted by Gasteiger charge is -2.52. The van der Waals surface area contributed by atoms with E-state index in [0.29, 0.717) is 27.8 Å². The second-order valence-electron chi connectivity index (χ2n) is 9.74. The molecule has 2 fully saturated rings. The fourth-order valence-corrected chi connectivity index (χ4v) is 6.13. The predicted molar refractivity (Wildman–Crippen MR) is 133 cm³/mol. The molecule has 2 N–H and O–H groups in total. The summed E-state index contributed by atoms with van der Waals surface area (Å²) >= 11 is 12.4. The van der Waals surface area contributed by atoms with Crippen molar-refractivity contribution < 1.29 is 9.13 Å². The van der Waals surface area contributed by atoms with Gasteiger partial charge in [-0.1, -0.05) is 23.2 Å². The van der Waals surface area contributed by atoms with Gasteiger partial charge in [0.15, 0.2) is 11.6 Å². The quantitative estimate of drug-likeness (QED) is 0.422. The molecule has 1 saturated heterocycles. The molecule has 0 bridgehead atoms. The minimum absolute atomic E-state index is 0.0632. The smallest absolute Gasteiger partial charge is 0.166 e. The van der Waals surface area contributed by atoms with Crippen molar-refractivity contribution in [3.8, 4) is 16.9 Å². The lowest BCUT2D eigenvalue weighted by molar-refractivity contribution is -0.0205. The zero-order valence-electron chi connectivity index (χ0n) is 19.3. The highest BCUT2D eigenvalue weighted by molar-refractivity contribution is 6.36. The van der Waals surface area contributed by atoms with Gasteiger partial charge < -0.3 is 15.4 Å². The molecule has 3 aromatic rings. The maximum atomic E-state index is 14.0. The maximum absolute atomic E-state index is 14.0. The molecular weight excluding hydrogens is 476 g/mol. The Morgan fingerprint density at radius 1 is 1.18 bits per heavy atom. The number of likely N-dealkylation sites (tertiary alicyclic amines) is 1. The second kappa shape index (κ2) is 9.02. The first kappa shape index (κ1) is 23.4. The fraction of sp³-hybridized carbons (Fsp3) is 0.440. The van der Waals surface area contributed by atoms with Gasteiger partial charge in [-0.15, -0.1) is 0 Å². The molecule has 0 radical (unpaired) electrons. The third-order valence-electron chi connectivity index (χ3n) is 7.21. The number of benzene rings is 1. The molecule has 34 heavy (non-hydrogen) atoms. The van der Waals surface area contributed by atoms with Gasteiger partial charge in [-0.05, 0) is 63.3 Å². The Hall–Kier alpha value is -2.35. The number of anilines is 1. The average molecular weight is 504 g/mol. The van der Waals surface area contributed by atoms with Crippen molar-refractivity contribution in [2.24, 2.45) is 5.41 Å². The molecule has 6 nitrogen and oxygen atoms in total. The summed E-state index contributed by atoms with van der Waals surface area (Å²) in [5.41, 5.74) is 8.75. The van der Waals surface area contributed by atoms with Gasteiger partial charge in [0.2, 0.25) is 0 Å². The molecule has 180 valence electrons. The van der Waals surface area contributed by atoms with Crippen LogP contribution in [0.4, 0.5) is 10.2 Å². The first-order chi connectivity index (χ1) is 16.2. The van der Waals surface area contributed by atoms with Crippen molar-refractivity contribution in [2.75, 3.05) is 25.9 Å². The highest BCUT2D eigenvalue weighted by Crippen LogP contribution is 2.46. The van der Waals surface area contributed by atoms with Crippen molar-refractivity contribution in [2.45, 2.75) is 44.8 Å². The summed E-state index contributed by atoms with van der Waals surface area (Å²) < 4.78 is 22.1. The molecular formula is C25H28Cl2FN5O. The van der Waals surface area contributed by atoms with Crippen LogP contribution in [-0.2, 0) is 0 Å². The summed E-state index contributed by atoms with van der Waals surface area (Å²) in [5.74, 6) is 0.0549. The lowest BCUT2D eigenvalue weighted by atomic mass is 9.67. The summed E-state index contributed by atoms with van der Waals surface area (Å²) in [5, 5.41) is 4.91. The minimum Gasteiger partial charge on any atom is -0.482 e. The summed E-state index contributed by atoms with van der Waals surface area (Å²) in [4.78, 5) is 6.70. The Labute approximate surface area is 208 Å². The lowest BCUT2D eigenvalue weighted by Crippen LogP contribution is -2.55. The SMILES string of the molecule is C[C@H](Oc1cc(-c2cnn(C3CCC4(CC3)CN(C)C4)c2)cnc1N)c1c(Cl)ccc(F)c1Cl. The van der Waals surface area contributed by atoms with Gasteiger partial charge in [-0.3, -0.25) is 4.68 Å². The molecule has 9 heteroatoms. The van der Waals surface area contributed by atoms with Crippen LogP contribution in [-0.4, -0.2) is 39.8 Å². The number of ether oxygens (including phenoxy) is 1. The van der Waals surface area contributed by atoms with Crippen LogP contribution in [0.3, 0.4) is 0 Å². The van der Waals surface area contributed by atoms with E-state index in [1.54, 1.807) is 13.1 Å². The Kier molecular flexibility index (Phi) is 6.21. The van der Waals surface area contributed by atoms with Gasteiger partial charge in [-0.25, -0.2) is 9.37 Å². The van der Waals surface area contributed by atoms with Gasteiger partial charge in [0, 0.05) is 47.2 Å². The van der Waals surface area contributed by atoms with E-state index in [0.717, 1.165) is 24.0 Å². The van der Waals surface area contributed by atoms with Gasteiger partial charge in [-0.2, -0.15) is 5.10 Å². The topological polar surface area (TPSA) is 69.2 Å². The third-order valence-corrected chi connectivity index (χ3v) is 7.92. The molecule has 0 amide bonds. The first-order valence-corrected chi connectivity index (χ1v) is 12.3.